The van der Waals surface area contributed by atoms with Gasteiger partial charge in [0.15, 0.2) is 0 Å². The third kappa shape index (κ3) is 4.78. The van der Waals surface area contributed by atoms with Crippen LogP contribution in [0.2, 0.25) is 0 Å². The van der Waals surface area contributed by atoms with Gasteiger partial charge in [-0.1, -0.05) is 38.1 Å². The maximum atomic E-state index is 12.9. The summed E-state index contributed by atoms with van der Waals surface area (Å²) in [7, 11) is 1.59. The molecule has 0 radical (unpaired) electrons. The van der Waals surface area contributed by atoms with Crippen LogP contribution < -0.4 is 10.1 Å². The lowest BCUT2D eigenvalue weighted by molar-refractivity contribution is -0.121. The van der Waals surface area contributed by atoms with E-state index in [1.54, 1.807) is 19.2 Å². The number of rotatable bonds is 5. The second kappa shape index (κ2) is 9.12. The summed E-state index contributed by atoms with van der Waals surface area (Å²) in [5, 5.41) is 3.16. The van der Waals surface area contributed by atoms with Crippen LogP contribution in [0, 0.1) is 12.8 Å². The smallest absolute Gasteiger partial charge is 0.253 e. The molecule has 1 fully saturated rings. The second-order valence-electron chi connectivity index (χ2n) is 7.98. The SMILES string of the molecule is COc1cccc(C(=O)N2CCC(C(=O)Nc3c(C)cccc3C(C)C)CC2)c1. The Labute approximate surface area is 173 Å². The maximum Gasteiger partial charge on any atom is 0.253 e. The van der Waals surface area contributed by atoms with Crippen molar-refractivity contribution >= 4 is 17.5 Å². The van der Waals surface area contributed by atoms with Crippen LogP contribution in [0.15, 0.2) is 42.5 Å². The predicted octanol–water partition coefficient (Wildman–Crippen LogP) is 4.62. The fourth-order valence-corrected chi connectivity index (χ4v) is 3.85. The Balaban J connectivity index is 1.62. The average Bonchev–Trinajstić information content (AvgIpc) is 2.74. The van der Waals surface area contributed by atoms with Gasteiger partial charge in [0.1, 0.15) is 5.75 Å². The molecule has 2 aromatic carbocycles. The van der Waals surface area contributed by atoms with Crippen LogP contribution >= 0.6 is 0 Å². The molecule has 0 bridgehead atoms. The summed E-state index contributed by atoms with van der Waals surface area (Å²) in [6.45, 7) is 7.45. The van der Waals surface area contributed by atoms with E-state index < -0.39 is 0 Å². The van der Waals surface area contributed by atoms with Crippen molar-refractivity contribution in [2.75, 3.05) is 25.5 Å². The van der Waals surface area contributed by atoms with Crippen LogP contribution in [0.5, 0.6) is 5.75 Å². The van der Waals surface area contributed by atoms with E-state index in [0.717, 1.165) is 16.8 Å². The van der Waals surface area contributed by atoms with E-state index in [4.69, 9.17) is 4.74 Å². The summed E-state index contributed by atoms with van der Waals surface area (Å²) in [4.78, 5) is 27.5. The average molecular weight is 395 g/mol. The normalized spacial score (nSPS) is 14.7. The standard InChI is InChI=1S/C24H30N2O3/c1-16(2)21-10-5-7-17(3)22(21)25-23(27)18-11-13-26(14-12-18)24(28)19-8-6-9-20(15-19)29-4/h5-10,15-16,18H,11-14H2,1-4H3,(H,25,27). The van der Waals surface area contributed by atoms with Crippen molar-refractivity contribution in [2.45, 2.75) is 39.5 Å². The fraction of sp³-hybridized carbons (Fsp3) is 0.417. The van der Waals surface area contributed by atoms with Gasteiger partial charge in [0, 0.05) is 30.3 Å². The predicted molar refractivity (Wildman–Crippen MR) is 116 cm³/mol. The molecule has 2 aromatic rings. The van der Waals surface area contributed by atoms with Crippen LogP contribution in [0.3, 0.4) is 0 Å². The van der Waals surface area contributed by atoms with Gasteiger partial charge in [0.2, 0.25) is 5.91 Å². The molecular weight excluding hydrogens is 364 g/mol. The van der Waals surface area contributed by atoms with Crippen molar-refractivity contribution in [1.29, 1.82) is 0 Å². The van der Waals surface area contributed by atoms with Crippen molar-refractivity contribution in [3.63, 3.8) is 0 Å². The van der Waals surface area contributed by atoms with Gasteiger partial charge >= 0.3 is 0 Å². The van der Waals surface area contributed by atoms with E-state index >= 15 is 0 Å². The van der Waals surface area contributed by atoms with Crippen molar-refractivity contribution in [3.05, 3.63) is 59.2 Å². The monoisotopic (exact) mass is 394 g/mol. The van der Waals surface area contributed by atoms with E-state index in [2.05, 4.69) is 25.2 Å². The number of ether oxygens (including phenoxy) is 1. The number of amides is 2. The maximum absolute atomic E-state index is 12.9. The minimum atomic E-state index is -0.0797. The van der Waals surface area contributed by atoms with E-state index in [9.17, 15) is 9.59 Å². The number of aryl methyl sites for hydroxylation is 1. The number of para-hydroxylation sites is 1. The van der Waals surface area contributed by atoms with Gasteiger partial charge in [0.05, 0.1) is 7.11 Å². The Kier molecular flexibility index (Phi) is 6.57. The van der Waals surface area contributed by atoms with Gasteiger partial charge in [-0.15, -0.1) is 0 Å². The number of methoxy groups -OCH3 is 1. The molecule has 0 unspecified atom stereocenters. The third-order valence-corrected chi connectivity index (χ3v) is 5.64. The summed E-state index contributed by atoms with van der Waals surface area (Å²) < 4.78 is 5.21. The van der Waals surface area contributed by atoms with Gasteiger partial charge in [-0.25, -0.2) is 0 Å². The second-order valence-corrected chi connectivity index (χ2v) is 7.98. The molecular formula is C24H30N2O3. The van der Waals surface area contributed by atoms with E-state index in [1.165, 1.54) is 0 Å². The van der Waals surface area contributed by atoms with Crippen LogP contribution in [0.25, 0.3) is 0 Å². The number of benzene rings is 2. The third-order valence-electron chi connectivity index (χ3n) is 5.64. The van der Waals surface area contributed by atoms with Gasteiger partial charge in [-0.3, -0.25) is 9.59 Å². The first-order chi connectivity index (χ1) is 13.9. The molecule has 0 atom stereocenters. The number of piperidine rings is 1. The summed E-state index contributed by atoms with van der Waals surface area (Å²) in [5.74, 6) is 0.972. The first-order valence-corrected chi connectivity index (χ1v) is 10.2. The summed E-state index contributed by atoms with van der Waals surface area (Å²) >= 11 is 0. The van der Waals surface area contributed by atoms with Gasteiger partial charge in [-0.2, -0.15) is 0 Å². The quantitative estimate of drug-likeness (QED) is 0.805. The van der Waals surface area contributed by atoms with Crippen LogP contribution in [0.4, 0.5) is 5.69 Å². The van der Waals surface area contributed by atoms with Crippen molar-refractivity contribution in [1.82, 2.24) is 4.90 Å². The van der Waals surface area contributed by atoms with E-state index in [-0.39, 0.29) is 17.7 Å². The molecule has 1 aliphatic heterocycles. The topological polar surface area (TPSA) is 58.6 Å². The first kappa shape index (κ1) is 20.9. The highest BCUT2D eigenvalue weighted by Gasteiger charge is 2.28. The number of likely N-dealkylation sites (tertiary alicyclic amines) is 1. The van der Waals surface area contributed by atoms with Crippen LogP contribution in [-0.2, 0) is 4.79 Å². The molecule has 154 valence electrons. The van der Waals surface area contributed by atoms with Crippen molar-refractivity contribution in [3.8, 4) is 5.75 Å². The molecule has 1 heterocycles. The van der Waals surface area contributed by atoms with Crippen molar-refractivity contribution < 1.29 is 14.3 Å². The Morgan fingerprint density at radius 1 is 1.10 bits per heavy atom. The lowest BCUT2D eigenvalue weighted by atomic mass is 9.93. The van der Waals surface area contributed by atoms with Gasteiger partial charge < -0.3 is 15.0 Å². The van der Waals surface area contributed by atoms with Crippen LogP contribution in [0.1, 0.15) is 54.1 Å². The van der Waals surface area contributed by atoms with Gasteiger partial charge in [0.25, 0.3) is 5.91 Å². The molecule has 0 saturated carbocycles. The highest BCUT2D eigenvalue weighted by atomic mass is 16.5. The summed E-state index contributed by atoms with van der Waals surface area (Å²) in [6, 6.07) is 13.3. The largest absolute Gasteiger partial charge is 0.497 e. The molecule has 1 N–H and O–H groups in total. The first-order valence-electron chi connectivity index (χ1n) is 10.2. The molecule has 29 heavy (non-hydrogen) atoms. The molecule has 2 amide bonds. The highest BCUT2D eigenvalue weighted by molar-refractivity contribution is 5.96. The molecule has 3 rings (SSSR count). The van der Waals surface area contributed by atoms with Gasteiger partial charge in [-0.05, 0) is 55.0 Å². The van der Waals surface area contributed by atoms with Crippen LogP contribution in [-0.4, -0.2) is 36.9 Å². The zero-order valence-electron chi connectivity index (χ0n) is 17.7. The minimum absolute atomic E-state index is 0.0104. The molecule has 1 saturated heterocycles. The molecule has 1 aliphatic rings. The Morgan fingerprint density at radius 3 is 2.45 bits per heavy atom. The Hall–Kier alpha value is -2.82. The van der Waals surface area contributed by atoms with E-state index in [0.29, 0.717) is 43.2 Å². The number of hydrogen-bond donors (Lipinski definition) is 1. The molecule has 0 aliphatic carbocycles. The zero-order chi connectivity index (χ0) is 21.0. The lowest BCUT2D eigenvalue weighted by Crippen LogP contribution is -2.41. The number of nitrogens with zero attached hydrogens (tertiary/aromatic N) is 1. The number of nitrogens with one attached hydrogen (secondary N) is 1. The highest BCUT2D eigenvalue weighted by Crippen LogP contribution is 2.29. The number of carbonyl (C=O) groups excluding carboxylic acids is 2. The molecule has 0 aromatic heterocycles. The molecule has 0 spiro atoms. The molecule has 5 nitrogen and oxygen atoms in total. The fourth-order valence-electron chi connectivity index (χ4n) is 3.85. The summed E-state index contributed by atoms with van der Waals surface area (Å²) in [6.07, 6.45) is 1.34. The Morgan fingerprint density at radius 2 is 1.79 bits per heavy atom. The number of hydrogen-bond acceptors (Lipinski definition) is 3. The minimum Gasteiger partial charge on any atom is -0.497 e. The zero-order valence-corrected chi connectivity index (χ0v) is 17.7. The van der Waals surface area contributed by atoms with E-state index in [1.807, 2.05) is 36.1 Å². The summed E-state index contributed by atoms with van der Waals surface area (Å²) in [5.41, 5.74) is 3.79. The lowest BCUT2D eigenvalue weighted by Gasteiger charge is -2.32. The molecule has 5 heteroatoms. The number of carbonyl (C=O) groups is 2. The number of anilines is 1. The van der Waals surface area contributed by atoms with Crippen molar-refractivity contribution in [2.24, 2.45) is 5.92 Å². The Bertz CT molecular complexity index is 883.